The molecule has 1 spiro atoms. The van der Waals surface area contributed by atoms with Crippen LogP contribution >= 0.6 is 15.9 Å². The average molecular weight is 646 g/mol. The Morgan fingerprint density at radius 1 is 1.26 bits per heavy atom. The first-order valence-electron chi connectivity index (χ1n) is 15.0. The second-order valence-electron chi connectivity index (χ2n) is 12.4. The molecule has 0 aliphatic carbocycles. The molecule has 1 aromatic rings. The molecule has 7 atom stereocenters. The van der Waals surface area contributed by atoms with E-state index in [4.69, 9.17) is 9.47 Å². The molecular formula is C33H45BrN2O6. The zero-order valence-electron chi connectivity index (χ0n) is 25.3. The number of alkyl halides is 1. The van der Waals surface area contributed by atoms with E-state index in [1.165, 1.54) is 0 Å². The number of amides is 2. The third kappa shape index (κ3) is 5.84. The number of rotatable bonds is 14. The summed E-state index contributed by atoms with van der Waals surface area (Å²) in [5.41, 5.74) is 1.40. The van der Waals surface area contributed by atoms with Gasteiger partial charge in [0.05, 0.1) is 37.2 Å². The van der Waals surface area contributed by atoms with Crippen LogP contribution < -0.4 is 4.90 Å². The van der Waals surface area contributed by atoms with Crippen LogP contribution in [0.3, 0.4) is 0 Å². The van der Waals surface area contributed by atoms with E-state index in [1.807, 2.05) is 52.0 Å². The zero-order valence-corrected chi connectivity index (χ0v) is 26.8. The van der Waals surface area contributed by atoms with Crippen molar-refractivity contribution in [3.8, 4) is 0 Å². The van der Waals surface area contributed by atoms with Gasteiger partial charge in [0, 0.05) is 17.1 Å². The lowest BCUT2D eigenvalue weighted by molar-refractivity contribution is -0.155. The van der Waals surface area contributed by atoms with Gasteiger partial charge in [-0.2, -0.15) is 0 Å². The van der Waals surface area contributed by atoms with E-state index in [2.05, 4.69) is 29.1 Å². The van der Waals surface area contributed by atoms with Crippen LogP contribution in [0.15, 0.2) is 43.5 Å². The highest BCUT2D eigenvalue weighted by molar-refractivity contribution is 9.09. The number of esters is 1. The summed E-state index contributed by atoms with van der Waals surface area (Å²) in [5.74, 6) is -2.68. The minimum atomic E-state index is -1.24. The molecule has 3 aliphatic rings. The Morgan fingerprint density at radius 3 is 2.64 bits per heavy atom. The van der Waals surface area contributed by atoms with E-state index in [0.29, 0.717) is 19.3 Å². The topological polar surface area (TPSA) is 96.4 Å². The number of aryl methyl sites for hydroxylation is 2. The van der Waals surface area contributed by atoms with E-state index in [9.17, 15) is 19.5 Å². The number of aliphatic hydroxyl groups excluding tert-OH is 1. The summed E-state index contributed by atoms with van der Waals surface area (Å²) >= 11 is 3.72. The van der Waals surface area contributed by atoms with Gasteiger partial charge in [0.1, 0.15) is 11.6 Å². The molecule has 3 saturated heterocycles. The number of aliphatic hydroxyl groups is 1. The molecule has 8 nitrogen and oxygen atoms in total. The number of hydrogen-bond acceptors (Lipinski definition) is 6. The maximum atomic E-state index is 14.8. The number of hydrogen-bond donors (Lipinski definition) is 1. The minimum absolute atomic E-state index is 0.157. The molecule has 4 rings (SSSR count). The molecule has 9 heteroatoms. The zero-order chi connectivity index (χ0) is 30.8. The van der Waals surface area contributed by atoms with E-state index in [0.717, 1.165) is 29.7 Å². The van der Waals surface area contributed by atoms with Crippen LogP contribution in [0.25, 0.3) is 0 Å². The van der Waals surface area contributed by atoms with E-state index in [1.54, 1.807) is 15.9 Å². The van der Waals surface area contributed by atoms with Crippen molar-refractivity contribution in [2.45, 2.75) is 88.4 Å². The number of anilines is 1. The molecule has 3 aliphatic heterocycles. The standard InChI is InChI=1S/C33H45BrN2O6/c1-7-9-10-11-15-41-32(40)26-27-30(38)36(23(19-37)16-20(3)4)29(33(27)18-24(34)28(26)42-33)31(39)35(14-8-2)25-17-21(5)12-13-22(25)6/h7-8,12-13,17,20,23-24,26-29,37H,1-2,9-11,14-16,18-19H2,3-6H3/t23-,24?,26-,27+,28-,29?,33?/m1/s1. The van der Waals surface area contributed by atoms with Crippen LogP contribution in [0, 0.1) is 31.6 Å². The largest absolute Gasteiger partial charge is 0.465 e. The van der Waals surface area contributed by atoms with Gasteiger partial charge in [-0.1, -0.05) is 54.1 Å². The first-order chi connectivity index (χ1) is 20.0. The lowest BCUT2D eigenvalue weighted by Gasteiger charge is -2.40. The number of allylic oxidation sites excluding steroid dienone is 1. The van der Waals surface area contributed by atoms with Crippen LogP contribution in [0.1, 0.15) is 57.1 Å². The van der Waals surface area contributed by atoms with Crippen LogP contribution in [0.2, 0.25) is 0 Å². The average Bonchev–Trinajstić information content (AvgIpc) is 3.54. The van der Waals surface area contributed by atoms with Gasteiger partial charge in [-0.15, -0.1) is 13.2 Å². The normalized spacial score (nSPS) is 28.6. The van der Waals surface area contributed by atoms with E-state index >= 15 is 0 Å². The lowest BCUT2D eigenvalue weighted by atomic mass is 9.70. The molecule has 2 amide bonds. The Labute approximate surface area is 258 Å². The highest BCUT2D eigenvalue weighted by Crippen LogP contribution is 2.61. The fraction of sp³-hybridized carbons (Fsp3) is 0.606. The molecule has 3 heterocycles. The summed E-state index contributed by atoms with van der Waals surface area (Å²) in [6.07, 6.45) is 6.17. The smallest absolute Gasteiger partial charge is 0.312 e. The molecule has 1 aromatic carbocycles. The van der Waals surface area contributed by atoms with Crippen LogP contribution in [-0.4, -0.2) is 76.2 Å². The number of nitrogens with zero attached hydrogens (tertiary/aromatic N) is 2. The second-order valence-corrected chi connectivity index (χ2v) is 13.5. The Morgan fingerprint density at radius 2 is 2.00 bits per heavy atom. The fourth-order valence-electron chi connectivity index (χ4n) is 7.08. The van der Waals surface area contributed by atoms with Crippen molar-refractivity contribution in [1.82, 2.24) is 4.90 Å². The molecular weight excluding hydrogens is 600 g/mol. The Bertz CT molecular complexity index is 1200. The Balaban J connectivity index is 1.78. The molecule has 0 saturated carbocycles. The van der Waals surface area contributed by atoms with Crippen molar-refractivity contribution in [2.75, 3.05) is 24.7 Å². The number of unbranched alkanes of at least 4 members (excludes halogenated alkanes) is 2. The van der Waals surface area contributed by atoms with Gasteiger partial charge < -0.3 is 24.4 Å². The van der Waals surface area contributed by atoms with Gasteiger partial charge >= 0.3 is 5.97 Å². The van der Waals surface area contributed by atoms with Crippen molar-refractivity contribution in [1.29, 1.82) is 0 Å². The number of halogens is 1. The van der Waals surface area contributed by atoms with Crippen molar-refractivity contribution in [3.63, 3.8) is 0 Å². The molecule has 2 bridgehead atoms. The summed E-state index contributed by atoms with van der Waals surface area (Å²) in [6, 6.07) is 4.28. The highest BCUT2D eigenvalue weighted by atomic mass is 79.9. The summed E-state index contributed by atoms with van der Waals surface area (Å²) in [6.45, 7) is 15.7. The van der Waals surface area contributed by atoms with Crippen molar-refractivity contribution < 1.29 is 29.0 Å². The number of benzene rings is 1. The Hall–Kier alpha value is -2.49. The maximum absolute atomic E-state index is 14.8. The summed E-state index contributed by atoms with van der Waals surface area (Å²) in [5, 5.41) is 10.6. The van der Waals surface area contributed by atoms with E-state index in [-0.39, 0.29) is 42.3 Å². The molecule has 3 unspecified atom stereocenters. The third-order valence-electron chi connectivity index (χ3n) is 8.86. The van der Waals surface area contributed by atoms with E-state index < -0.39 is 41.6 Å². The van der Waals surface area contributed by atoms with Gasteiger partial charge in [0.2, 0.25) is 5.91 Å². The molecule has 3 fully saturated rings. The SMILES string of the molecule is C=CCCCCOC(=O)[C@H]1[C@@H]2OC3(CC2Br)C(C(=O)N(CC=C)c2cc(C)ccc2C)N([C@@H](CO)CC(C)C)C(=O)[C@H]13. The molecule has 1 N–H and O–H groups in total. The summed E-state index contributed by atoms with van der Waals surface area (Å²) < 4.78 is 12.3. The number of ether oxygens (including phenoxy) is 2. The monoisotopic (exact) mass is 644 g/mol. The first kappa shape index (κ1) is 32.4. The number of likely N-dealkylation sites (tertiary alicyclic amines) is 1. The molecule has 0 aromatic heterocycles. The highest BCUT2D eigenvalue weighted by Gasteiger charge is 2.77. The van der Waals surface area contributed by atoms with Crippen molar-refractivity contribution >= 4 is 39.4 Å². The summed E-state index contributed by atoms with van der Waals surface area (Å²) in [7, 11) is 0. The van der Waals surface area contributed by atoms with Crippen molar-refractivity contribution in [2.24, 2.45) is 17.8 Å². The molecule has 230 valence electrons. The Kier molecular flexibility index (Phi) is 10.4. The lowest BCUT2D eigenvalue weighted by Crippen LogP contribution is -2.59. The molecule has 0 radical (unpaired) electrons. The molecule has 42 heavy (non-hydrogen) atoms. The fourth-order valence-corrected chi connectivity index (χ4v) is 8.03. The van der Waals surface area contributed by atoms with Gasteiger partial charge in [0.15, 0.2) is 0 Å². The van der Waals surface area contributed by atoms with Gasteiger partial charge in [-0.25, -0.2) is 0 Å². The van der Waals surface area contributed by atoms with Crippen molar-refractivity contribution in [3.05, 3.63) is 54.6 Å². The van der Waals surface area contributed by atoms with Crippen LogP contribution in [0.4, 0.5) is 5.69 Å². The predicted octanol–water partition coefficient (Wildman–Crippen LogP) is 4.88. The summed E-state index contributed by atoms with van der Waals surface area (Å²) in [4.78, 5) is 45.8. The quantitative estimate of drug-likeness (QED) is 0.134. The van der Waals surface area contributed by atoms with Gasteiger partial charge in [-0.3, -0.25) is 14.4 Å². The number of fused-ring (bicyclic) bond motifs is 1. The van der Waals surface area contributed by atoms with Crippen LogP contribution in [0.5, 0.6) is 0 Å². The van der Waals surface area contributed by atoms with Crippen LogP contribution in [-0.2, 0) is 23.9 Å². The predicted molar refractivity (Wildman–Crippen MR) is 166 cm³/mol. The van der Waals surface area contributed by atoms with Gasteiger partial charge in [0.25, 0.3) is 5.91 Å². The number of carbonyl (C=O) groups excluding carboxylic acids is 3. The second kappa shape index (κ2) is 13.4. The third-order valence-corrected chi connectivity index (χ3v) is 9.71. The first-order valence-corrected chi connectivity index (χ1v) is 16.0. The van der Waals surface area contributed by atoms with Gasteiger partial charge in [-0.05, 0) is 69.1 Å². The maximum Gasteiger partial charge on any atom is 0.312 e. The number of carbonyl (C=O) groups is 3. The minimum Gasteiger partial charge on any atom is -0.465 e.